The molecule has 1 aliphatic heterocycles. The number of nitrogens with zero attached hydrogens (tertiary/aromatic N) is 5. The van der Waals surface area contributed by atoms with Crippen LogP contribution in [0.25, 0.3) is 0 Å². The standard InChI is InChI=1S/C15H20N6O2/c1-19(2)8-11-4-6-21-12(3-5-18-21)9-20(11)15(23)13-7-14(22)17-10-16-13/h3,5,7,10-11H,4,6,8-9H2,1-2H3,(H,16,17,22)/t11-/m1/s1. The molecule has 0 radical (unpaired) electrons. The van der Waals surface area contributed by atoms with Gasteiger partial charge in [-0.25, -0.2) is 4.98 Å². The second-order valence-corrected chi connectivity index (χ2v) is 5.98. The van der Waals surface area contributed by atoms with Gasteiger partial charge in [0.2, 0.25) is 0 Å². The number of rotatable bonds is 3. The van der Waals surface area contributed by atoms with E-state index in [1.54, 1.807) is 11.1 Å². The van der Waals surface area contributed by atoms with E-state index in [1.807, 2.05) is 24.8 Å². The Morgan fingerprint density at radius 2 is 2.30 bits per heavy atom. The Morgan fingerprint density at radius 3 is 3.04 bits per heavy atom. The number of hydrogen-bond acceptors (Lipinski definition) is 5. The summed E-state index contributed by atoms with van der Waals surface area (Å²) in [7, 11) is 3.97. The van der Waals surface area contributed by atoms with Crippen LogP contribution in [0, 0.1) is 0 Å². The van der Waals surface area contributed by atoms with Crippen molar-refractivity contribution in [1.82, 2.24) is 29.5 Å². The molecule has 2 aromatic rings. The van der Waals surface area contributed by atoms with Crippen LogP contribution in [-0.2, 0) is 13.1 Å². The molecule has 1 atom stereocenters. The van der Waals surface area contributed by atoms with Gasteiger partial charge in [-0.1, -0.05) is 0 Å². The van der Waals surface area contributed by atoms with Crippen molar-refractivity contribution in [3.05, 3.63) is 46.4 Å². The van der Waals surface area contributed by atoms with Gasteiger partial charge < -0.3 is 14.8 Å². The summed E-state index contributed by atoms with van der Waals surface area (Å²) in [6, 6.07) is 3.21. The van der Waals surface area contributed by atoms with Crippen LogP contribution in [0.2, 0.25) is 0 Å². The van der Waals surface area contributed by atoms with Gasteiger partial charge in [-0.2, -0.15) is 5.10 Å². The molecule has 8 nitrogen and oxygen atoms in total. The molecule has 3 heterocycles. The molecule has 0 fully saturated rings. The maximum atomic E-state index is 12.9. The number of aromatic amines is 1. The number of carbonyl (C=O) groups excluding carboxylic acids is 1. The van der Waals surface area contributed by atoms with E-state index in [9.17, 15) is 9.59 Å². The first kappa shape index (κ1) is 15.4. The van der Waals surface area contributed by atoms with E-state index in [0.29, 0.717) is 6.54 Å². The second-order valence-electron chi connectivity index (χ2n) is 5.98. The number of amides is 1. The highest BCUT2D eigenvalue weighted by molar-refractivity contribution is 5.92. The molecule has 3 rings (SSSR count). The third kappa shape index (κ3) is 3.31. The van der Waals surface area contributed by atoms with Crippen molar-refractivity contribution in [2.75, 3.05) is 20.6 Å². The highest BCUT2D eigenvalue weighted by Crippen LogP contribution is 2.19. The molecule has 0 aliphatic carbocycles. The molecular weight excluding hydrogens is 296 g/mol. The summed E-state index contributed by atoms with van der Waals surface area (Å²) in [5.41, 5.74) is 0.835. The first-order valence-electron chi connectivity index (χ1n) is 7.55. The van der Waals surface area contributed by atoms with Crippen LogP contribution in [0.3, 0.4) is 0 Å². The molecular formula is C15H20N6O2. The number of likely N-dealkylation sites (N-methyl/N-ethyl adjacent to an activating group) is 1. The minimum atomic E-state index is -0.327. The lowest BCUT2D eigenvalue weighted by Crippen LogP contribution is -2.45. The van der Waals surface area contributed by atoms with E-state index in [4.69, 9.17) is 0 Å². The topological polar surface area (TPSA) is 87.1 Å². The number of nitrogens with one attached hydrogen (secondary N) is 1. The summed E-state index contributed by atoms with van der Waals surface area (Å²) in [4.78, 5) is 34.7. The molecule has 0 aromatic carbocycles. The third-order valence-electron chi connectivity index (χ3n) is 3.99. The molecule has 0 bridgehead atoms. The maximum Gasteiger partial charge on any atom is 0.273 e. The average molecular weight is 316 g/mol. The SMILES string of the molecule is CN(C)C[C@H]1CCn2nccc2CN1C(=O)c1cc(=O)[nH]cn1. The molecule has 0 saturated carbocycles. The van der Waals surface area contributed by atoms with Gasteiger partial charge in [0.1, 0.15) is 5.69 Å². The quantitative estimate of drug-likeness (QED) is 0.857. The van der Waals surface area contributed by atoms with Crippen molar-refractivity contribution >= 4 is 5.91 Å². The van der Waals surface area contributed by atoms with Crippen molar-refractivity contribution < 1.29 is 4.79 Å². The van der Waals surface area contributed by atoms with E-state index in [0.717, 1.165) is 25.2 Å². The Morgan fingerprint density at radius 1 is 1.48 bits per heavy atom. The van der Waals surface area contributed by atoms with Crippen molar-refractivity contribution in [3.8, 4) is 0 Å². The lowest BCUT2D eigenvalue weighted by molar-refractivity contribution is 0.0620. The van der Waals surface area contributed by atoms with Crippen molar-refractivity contribution in [2.45, 2.75) is 25.6 Å². The summed E-state index contributed by atoms with van der Waals surface area (Å²) in [5, 5.41) is 4.31. The van der Waals surface area contributed by atoms with Gasteiger partial charge in [-0.05, 0) is 26.6 Å². The number of hydrogen-bond donors (Lipinski definition) is 1. The van der Waals surface area contributed by atoms with Gasteiger partial charge in [-0.15, -0.1) is 0 Å². The highest BCUT2D eigenvalue weighted by Gasteiger charge is 2.29. The largest absolute Gasteiger partial charge is 0.327 e. The number of carbonyl (C=O) groups is 1. The van der Waals surface area contributed by atoms with Crippen LogP contribution in [0.5, 0.6) is 0 Å². The number of H-pyrrole nitrogens is 1. The van der Waals surface area contributed by atoms with Crippen LogP contribution in [0.4, 0.5) is 0 Å². The number of fused-ring (bicyclic) bond motifs is 1. The average Bonchev–Trinajstić information content (AvgIpc) is 2.89. The van der Waals surface area contributed by atoms with Crippen molar-refractivity contribution in [1.29, 1.82) is 0 Å². The Hall–Kier alpha value is -2.48. The molecule has 122 valence electrons. The zero-order valence-corrected chi connectivity index (χ0v) is 13.3. The van der Waals surface area contributed by atoms with Crippen LogP contribution >= 0.6 is 0 Å². The molecule has 1 aliphatic rings. The smallest absolute Gasteiger partial charge is 0.273 e. The predicted molar refractivity (Wildman–Crippen MR) is 83.9 cm³/mol. The molecule has 8 heteroatoms. The molecule has 1 amide bonds. The molecule has 23 heavy (non-hydrogen) atoms. The van der Waals surface area contributed by atoms with E-state index < -0.39 is 0 Å². The third-order valence-corrected chi connectivity index (χ3v) is 3.99. The monoisotopic (exact) mass is 316 g/mol. The van der Waals surface area contributed by atoms with Gasteiger partial charge >= 0.3 is 0 Å². The Labute approximate surface area is 133 Å². The van der Waals surface area contributed by atoms with Gasteiger partial charge in [0.25, 0.3) is 11.5 Å². The Bertz CT molecular complexity index is 750. The summed E-state index contributed by atoms with van der Waals surface area (Å²) in [6.45, 7) is 1.99. The van der Waals surface area contributed by atoms with Gasteiger partial charge in [0.05, 0.1) is 18.6 Å². The van der Waals surface area contributed by atoms with Gasteiger partial charge in [-0.3, -0.25) is 14.3 Å². The molecule has 2 aromatic heterocycles. The normalized spacial score (nSPS) is 17.9. The number of aromatic nitrogens is 4. The van der Waals surface area contributed by atoms with Gasteiger partial charge in [0, 0.05) is 31.4 Å². The fraction of sp³-hybridized carbons (Fsp3) is 0.467. The zero-order valence-electron chi connectivity index (χ0n) is 13.3. The fourth-order valence-corrected chi connectivity index (χ4v) is 2.91. The molecule has 0 spiro atoms. The number of aryl methyl sites for hydroxylation is 1. The fourth-order valence-electron chi connectivity index (χ4n) is 2.91. The van der Waals surface area contributed by atoms with E-state index in [1.165, 1.54) is 12.4 Å². The summed E-state index contributed by atoms with van der Waals surface area (Å²) in [5.74, 6) is -0.224. The molecule has 0 unspecified atom stereocenters. The van der Waals surface area contributed by atoms with Crippen LogP contribution in [-0.4, -0.2) is 62.1 Å². The summed E-state index contributed by atoms with van der Waals surface area (Å²) in [6.07, 6.45) is 3.82. The minimum Gasteiger partial charge on any atom is -0.327 e. The van der Waals surface area contributed by atoms with E-state index in [-0.39, 0.29) is 23.2 Å². The summed E-state index contributed by atoms with van der Waals surface area (Å²) >= 11 is 0. The van der Waals surface area contributed by atoms with E-state index >= 15 is 0 Å². The molecule has 0 saturated heterocycles. The van der Waals surface area contributed by atoms with Crippen LogP contribution in [0.1, 0.15) is 22.6 Å². The van der Waals surface area contributed by atoms with Crippen LogP contribution < -0.4 is 5.56 Å². The first-order chi connectivity index (χ1) is 11.0. The lowest BCUT2D eigenvalue weighted by Gasteiger charge is -2.31. The Balaban J connectivity index is 1.93. The predicted octanol–water partition coefficient (Wildman–Crippen LogP) is -0.0573. The minimum absolute atomic E-state index is 0.0419. The van der Waals surface area contributed by atoms with Crippen molar-refractivity contribution in [3.63, 3.8) is 0 Å². The van der Waals surface area contributed by atoms with Crippen LogP contribution in [0.15, 0.2) is 29.5 Å². The maximum absolute atomic E-state index is 12.9. The first-order valence-corrected chi connectivity index (χ1v) is 7.55. The van der Waals surface area contributed by atoms with Gasteiger partial charge in [0.15, 0.2) is 0 Å². The van der Waals surface area contributed by atoms with Crippen molar-refractivity contribution in [2.24, 2.45) is 0 Å². The Kier molecular flexibility index (Phi) is 4.24. The summed E-state index contributed by atoms with van der Waals surface area (Å²) < 4.78 is 1.93. The zero-order chi connectivity index (χ0) is 16.4. The molecule has 1 N–H and O–H groups in total. The second kappa shape index (κ2) is 6.33. The lowest BCUT2D eigenvalue weighted by atomic mass is 10.1. The highest BCUT2D eigenvalue weighted by atomic mass is 16.2. The van der Waals surface area contributed by atoms with E-state index in [2.05, 4.69) is 20.0 Å².